The lowest BCUT2D eigenvalue weighted by atomic mass is 10.0. The molecule has 0 bridgehead atoms. The number of fused-ring (bicyclic) bond motifs is 2. The van der Waals surface area contributed by atoms with Crippen molar-refractivity contribution in [3.05, 3.63) is 66.6 Å². The third kappa shape index (κ3) is 5.87. The molecule has 3 heterocycles. The molecule has 3 N–H and O–H groups in total. The molecule has 2 aromatic carbocycles. The summed E-state index contributed by atoms with van der Waals surface area (Å²) in [6, 6.07) is 13.6. The summed E-state index contributed by atoms with van der Waals surface area (Å²) in [6.45, 7) is 4.68. The zero-order valence-corrected chi connectivity index (χ0v) is 20.8. The van der Waals surface area contributed by atoms with Crippen LogP contribution in [-0.2, 0) is 9.53 Å². The van der Waals surface area contributed by atoms with Gasteiger partial charge in [-0.25, -0.2) is 14.8 Å². The Balaban J connectivity index is 1.28. The topological polar surface area (TPSA) is 103 Å². The summed E-state index contributed by atoms with van der Waals surface area (Å²) in [5, 5.41) is 15.1. The molecule has 0 amide bonds. The lowest BCUT2D eigenvalue weighted by Crippen LogP contribution is -2.36. The summed E-state index contributed by atoms with van der Waals surface area (Å²) in [4.78, 5) is 26.5. The number of nitrogens with one attached hydrogen (secondary N) is 2. The van der Waals surface area contributed by atoms with E-state index in [0.29, 0.717) is 22.7 Å². The van der Waals surface area contributed by atoms with Crippen LogP contribution >= 0.6 is 11.8 Å². The number of aliphatic carboxylic acids is 1. The summed E-state index contributed by atoms with van der Waals surface area (Å²) in [7, 11) is 0. The molecule has 5 rings (SSSR count). The van der Waals surface area contributed by atoms with Gasteiger partial charge in [-0.2, -0.15) is 11.8 Å². The maximum atomic E-state index is 12.1. The first kappa shape index (κ1) is 24.3. The van der Waals surface area contributed by atoms with Crippen LogP contribution in [0.15, 0.2) is 61.1 Å². The average molecular weight is 504 g/mol. The van der Waals surface area contributed by atoms with Gasteiger partial charge in [0, 0.05) is 47.0 Å². The highest BCUT2D eigenvalue weighted by molar-refractivity contribution is 7.99. The number of carbonyl (C=O) groups is 1. The zero-order valence-electron chi connectivity index (χ0n) is 19.9. The fourth-order valence-corrected chi connectivity index (χ4v) is 5.15. The number of aromatic nitrogens is 3. The van der Waals surface area contributed by atoms with Gasteiger partial charge in [0.15, 0.2) is 0 Å². The van der Waals surface area contributed by atoms with Crippen molar-refractivity contribution in [1.29, 1.82) is 0 Å². The number of hydrogen-bond donors (Lipinski definition) is 3. The van der Waals surface area contributed by atoms with Crippen molar-refractivity contribution in [1.82, 2.24) is 19.9 Å². The SMILES string of the molecule is O=C(O)/C(=C/CSCCCN1CCOCC1)c1ccc2ncnc(Nc3ccc4[nH]ccc4c3)c2c1. The van der Waals surface area contributed by atoms with E-state index < -0.39 is 5.97 Å². The molecule has 9 heteroatoms. The monoisotopic (exact) mass is 503 g/mol. The number of benzene rings is 2. The van der Waals surface area contributed by atoms with Crippen LogP contribution in [0.4, 0.5) is 11.5 Å². The van der Waals surface area contributed by atoms with E-state index in [1.54, 1.807) is 17.8 Å². The van der Waals surface area contributed by atoms with Crippen molar-refractivity contribution in [2.24, 2.45) is 0 Å². The zero-order chi connectivity index (χ0) is 24.7. The van der Waals surface area contributed by atoms with Crippen molar-refractivity contribution in [3.63, 3.8) is 0 Å². The molecule has 1 saturated heterocycles. The minimum absolute atomic E-state index is 0.293. The summed E-state index contributed by atoms with van der Waals surface area (Å²) in [6.07, 6.45) is 6.31. The van der Waals surface area contributed by atoms with E-state index in [4.69, 9.17) is 4.74 Å². The van der Waals surface area contributed by atoms with Crippen molar-refractivity contribution in [2.45, 2.75) is 6.42 Å². The Morgan fingerprint density at radius 3 is 2.92 bits per heavy atom. The number of nitrogens with zero attached hydrogens (tertiary/aromatic N) is 3. The summed E-state index contributed by atoms with van der Waals surface area (Å²) >= 11 is 1.76. The Morgan fingerprint density at radius 1 is 1.17 bits per heavy atom. The largest absolute Gasteiger partial charge is 0.478 e. The van der Waals surface area contributed by atoms with Crippen molar-refractivity contribution in [3.8, 4) is 0 Å². The van der Waals surface area contributed by atoms with Crippen molar-refractivity contribution in [2.75, 3.05) is 49.7 Å². The fraction of sp³-hybridized carbons (Fsp3) is 0.296. The van der Waals surface area contributed by atoms with Gasteiger partial charge in [-0.15, -0.1) is 0 Å². The molecule has 1 fully saturated rings. The molecule has 0 atom stereocenters. The van der Waals surface area contributed by atoms with Crippen LogP contribution in [0.1, 0.15) is 12.0 Å². The van der Waals surface area contributed by atoms with Gasteiger partial charge in [0.05, 0.1) is 24.3 Å². The van der Waals surface area contributed by atoms with Gasteiger partial charge >= 0.3 is 5.97 Å². The predicted molar refractivity (Wildman–Crippen MR) is 146 cm³/mol. The quantitative estimate of drug-likeness (QED) is 0.210. The molecule has 186 valence electrons. The molecule has 0 spiro atoms. The molecule has 36 heavy (non-hydrogen) atoms. The van der Waals surface area contributed by atoms with E-state index in [2.05, 4.69) is 25.2 Å². The standard InChI is InChI=1S/C27H29N5O3S/c33-27(34)22(7-15-36-14-1-9-32-10-12-35-13-11-32)19-2-4-25-23(17-19)26(30-18-29-25)31-21-3-5-24-20(16-21)6-8-28-24/h2-8,16-18,28H,1,9-15H2,(H,33,34)(H,29,30,31)/b22-7+. The molecular formula is C27H29N5O3S. The summed E-state index contributed by atoms with van der Waals surface area (Å²) in [5.74, 6) is 1.34. The maximum absolute atomic E-state index is 12.1. The molecule has 0 radical (unpaired) electrons. The number of carboxylic acids is 1. The van der Waals surface area contributed by atoms with Crippen LogP contribution in [0.3, 0.4) is 0 Å². The number of H-pyrrole nitrogens is 1. The molecular weight excluding hydrogens is 474 g/mol. The fourth-order valence-electron chi connectivity index (χ4n) is 4.36. The van der Waals surface area contributed by atoms with Crippen LogP contribution in [0.5, 0.6) is 0 Å². The summed E-state index contributed by atoms with van der Waals surface area (Å²) in [5.41, 5.74) is 3.64. The van der Waals surface area contributed by atoms with Gasteiger partial charge < -0.3 is 20.1 Å². The van der Waals surface area contributed by atoms with Crippen LogP contribution in [0.2, 0.25) is 0 Å². The molecule has 0 aliphatic carbocycles. The van der Waals surface area contributed by atoms with E-state index in [-0.39, 0.29) is 0 Å². The number of rotatable bonds is 10. The van der Waals surface area contributed by atoms with Gasteiger partial charge in [0.1, 0.15) is 12.1 Å². The van der Waals surface area contributed by atoms with E-state index >= 15 is 0 Å². The summed E-state index contributed by atoms with van der Waals surface area (Å²) < 4.78 is 5.39. The number of aromatic amines is 1. The van der Waals surface area contributed by atoms with Gasteiger partial charge in [-0.05, 0) is 60.7 Å². The molecule has 0 saturated carbocycles. The number of thioether (sulfide) groups is 1. The second-order valence-corrected chi connectivity index (χ2v) is 9.81. The van der Waals surface area contributed by atoms with Crippen molar-refractivity contribution < 1.29 is 14.6 Å². The lowest BCUT2D eigenvalue weighted by Gasteiger charge is -2.26. The number of hydrogen-bond acceptors (Lipinski definition) is 7. The van der Waals surface area contributed by atoms with Crippen LogP contribution in [0.25, 0.3) is 27.4 Å². The number of anilines is 2. The highest BCUT2D eigenvalue weighted by Gasteiger charge is 2.14. The van der Waals surface area contributed by atoms with Gasteiger partial charge in [-0.3, -0.25) is 4.90 Å². The molecule has 8 nitrogen and oxygen atoms in total. The molecule has 4 aromatic rings. The number of carboxylic acid groups (broad SMARTS) is 1. The average Bonchev–Trinajstić information content (AvgIpc) is 3.37. The Bertz CT molecular complexity index is 1380. The van der Waals surface area contributed by atoms with Gasteiger partial charge in [0.2, 0.25) is 0 Å². The smallest absolute Gasteiger partial charge is 0.335 e. The molecule has 2 aromatic heterocycles. The van der Waals surface area contributed by atoms with E-state index in [1.807, 2.05) is 48.7 Å². The van der Waals surface area contributed by atoms with Crippen LogP contribution in [0, 0.1) is 0 Å². The second kappa shape index (κ2) is 11.6. The van der Waals surface area contributed by atoms with Crippen LogP contribution in [-0.4, -0.2) is 75.3 Å². The van der Waals surface area contributed by atoms with E-state index in [9.17, 15) is 9.90 Å². The Kier molecular flexibility index (Phi) is 7.80. The Labute approximate surface area is 213 Å². The van der Waals surface area contributed by atoms with Gasteiger partial charge in [0.25, 0.3) is 0 Å². The lowest BCUT2D eigenvalue weighted by molar-refractivity contribution is -0.130. The minimum atomic E-state index is -0.937. The maximum Gasteiger partial charge on any atom is 0.335 e. The van der Waals surface area contributed by atoms with Crippen LogP contribution < -0.4 is 5.32 Å². The van der Waals surface area contributed by atoms with E-state index in [1.165, 1.54) is 6.33 Å². The normalized spacial score (nSPS) is 14.9. The highest BCUT2D eigenvalue weighted by Crippen LogP contribution is 2.28. The molecule has 1 aliphatic heterocycles. The van der Waals surface area contributed by atoms with E-state index in [0.717, 1.165) is 72.5 Å². The Hall–Kier alpha value is -3.40. The van der Waals surface area contributed by atoms with Gasteiger partial charge in [-0.1, -0.05) is 12.1 Å². The predicted octanol–water partition coefficient (Wildman–Crippen LogP) is 4.78. The molecule has 1 aliphatic rings. The van der Waals surface area contributed by atoms with Crippen molar-refractivity contribution >= 4 is 56.6 Å². The third-order valence-corrected chi connectivity index (χ3v) is 7.24. The first-order chi connectivity index (χ1) is 17.7. The number of morpholine rings is 1. The molecule has 0 unspecified atom stereocenters. The second-order valence-electron chi connectivity index (χ2n) is 8.66. The first-order valence-corrected chi connectivity index (χ1v) is 13.2. The minimum Gasteiger partial charge on any atom is -0.478 e. The third-order valence-electron chi connectivity index (χ3n) is 6.26. The highest BCUT2D eigenvalue weighted by atomic mass is 32.2. The Morgan fingerprint density at radius 2 is 2.06 bits per heavy atom. The number of ether oxygens (including phenoxy) is 1. The first-order valence-electron chi connectivity index (χ1n) is 12.1.